The van der Waals surface area contributed by atoms with Crippen LogP contribution in [0, 0.1) is 0 Å². The molecule has 0 radical (unpaired) electrons. The number of hydrogen-bond acceptors (Lipinski definition) is 7. The molecule has 176 valence electrons. The summed E-state index contributed by atoms with van der Waals surface area (Å²) >= 11 is 0. The minimum Gasteiger partial charge on any atom is -0.506 e. The molecule has 0 aliphatic carbocycles. The van der Waals surface area contributed by atoms with Crippen LogP contribution in [0.5, 0.6) is 11.5 Å². The number of benzene rings is 2. The Morgan fingerprint density at radius 1 is 1.06 bits per heavy atom. The molecule has 1 atom stereocenters. The number of amides is 1. The Morgan fingerprint density at radius 3 is 2.50 bits per heavy atom. The van der Waals surface area contributed by atoms with Crippen LogP contribution < -0.4 is 9.64 Å². The number of methoxy groups -OCH3 is 1. The van der Waals surface area contributed by atoms with Crippen LogP contribution in [0.15, 0.2) is 76.4 Å². The molecule has 3 heterocycles. The summed E-state index contributed by atoms with van der Waals surface area (Å²) in [7, 11) is 1.64. The van der Waals surface area contributed by atoms with E-state index in [1.807, 2.05) is 54.6 Å². The van der Waals surface area contributed by atoms with Gasteiger partial charge < -0.3 is 19.2 Å². The van der Waals surface area contributed by atoms with Gasteiger partial charge >= 0.3 is 0 Å². The first-order valence-electron chi connectivity index (χ1n) is 11.4. The van der Waals surface area contributed by atoms with Crippen molar-refractivity contribution < 1.29 is 19.1 Å². The summed E-state index contributed by atoms with van der Waals surface area (Å²) in [6.45, 7) is 3.23. The molecule has 8 nitrogen and oxygen atoms in total. The third-order valence-corrected chi connectivity index (χ3v) is 6.41. The first-order chi connectivity index (χ1) is 16.6. The molecule has 3 aromatic rings. The molecule has 1 unspecified atom stereocenters. The highest BCUT2D eigenvalue weighted by molar-refractivity contribution is 6.03. The lowest BCUT2D eigenvalue weighted by molar-refractivity contribution is -0.134. The molecule has 1 fully saturated rings. The van der Waals surface area contributed by atoms with Crippen LogP contribution in [0.3, 0.4) is 0 Å². The minimum atomic E-state index is -0.262. The normalized spacial score (nSPS) is 18.7. The Morgan fingerprint density at radius 2 is 1.82 bits per heavy atom. The van der Waals surface area contributed by atoms with Gasteiger partial charge in [-0.05, 0) is 54.1 Å². The summed E-state index contributed by atoms with van der Waals surface area (Å²) < 4.78 is 10.9. The molecule has 1 aromatic heterocycles. The summed E-state index contributed by atoms with van der Waals surface area (Å²) in [5.41, 5.74) is 2.64. The molecule has 1 N–H and O–H groups in total. The molecule has 2 aromatic carbocycles. The predicted octanol–water partition coefficient (Wildman–Crippen LogP) is 3.49. The fourth-order valence-electron chi connectivity index (χ4n) is 4.54. The maximum absolute atomic E-state index is 13.4. The van der Waals surface area contributed by atoms with Crippen molar-refractivity contribution >= 4 is 17.3 Å². The summed E-state index contributed by atoms with van der Waals surface area (Å²) in [6.07, 6.45) is 2.22. The summed E-state index contributed by atoms with van der Waals surface area (Å²) in [5, 5.41) is 16.4. The van der Waals surface area contributed by atoms with Crippen LogP contribution in [0.4, 0.5) is 5.69 Å². The highest BCUT2D eigenvalue weighted by Crippen LogP contribution is 2.34. The zero-order valence-electron chi connectivity index (χ0n) is 19.1. The number of rotatable bonds is 6. The summed E-state index contributed by atoms with van der Waals surface area (Å²) in [4.78, 5) is 17.7. The number of carbonyl (C=O) groups excluding carboxylic acids is 1. The van der Waals surface area contributed by atoms with Crippen LogP contribution in [0.2, 0.25) is 0 Å². The number of aromatic hydroxyl groups is 1. The SMILES string of the molecule is COc1ccc(C2=NN(C(=O)CN3CCN(c4ccccc4O)CC3)C(c3ccco3)C2)cc1. The van der Waals surface area contributed by atoms with Gasteiger partial charge in [-0.3, -0.25) is 9.69 Å². The van der Waals surface area contributed by atoms with Crippen molar-refractivity contribution in [1.82, 2.24) is 9.91 Å². The maximum Gasteiger partial charge on any atom is 0.257 e. The molecule has 1 amide bonds. The highest BCUT2D eigenvalue weighted by atomic mass is 16.5. The molecule has 2 aliphatic heterocycles. The molecule has 0 spiro atoms. The number of ether oxygens (including phenoxy) is 1. The van der Waals surface area contributed by atoms with E-state index in [0.29, 0.717) is 6.42 Å². The Hall–Kier alpha value is -3.78. The van der Waals surface area contributed by atoms with Crippen molar-refractivity contribution in [1.29, 1.82) is 0 Å². The van der Waals surface area contributed by atoms with Crippen molar-refractivity contribution in [2.24, 2.45) is 5.10 Å². The van der Waals surface area contributed by atoms with E-state index in [-0.39, 0.29) is 24.2 Å². The molecule has 34 heavy (non-hydrogen) atoms. The average Bonchev–Trinajstić information content (AvgIpc) is 3.55. The molecule has 8 heteroatoms. The van der Waals surface area contributed by atoms with Gasteiger partial charge in [-0.15, -0.1) is 0 Å². The van der Waals surface area contributed by atoms with Gasteiger partial charge in [0.25, 0.3) is 5.91 Å². The van der Waals surface area contributed by atoms with Crippen molar-refractivity contribution in [2.75, 3.05) is 44.7 Å². The lowest BCUT2D eigenvalue weighted by atomic mass is 10.0. The van der Waals surface area contributed by atoms with Crippen molar-refractivity contribution in [3.63, 3.8) is 0 Å². The number of phenolic OH excluding ortho intramolecular Hbond substituents is 1. The van der Waals surface area contributed by atoms with Gasteiger partial charge in [0.15, 0.2) is 0 Å². The van der Waals surface area contributed by atoms with E-state index in [0.717, 1.165) is 54.7 Å². The first kappa shape index (κ1) is 22.0. The number of phenols is 1. The number of furan rings is 1. The van der Waals surface area contributed by atoms with Gasteiger partial charge in [0.2, 0.25) is 0 Å². The average molecular weight is 461 g/mol. The largest absolute Gasteiger partial charge is 0.506 e. The number of para-hydroxylation sites is 2. The summed E-state index contributed by atoms with van der Waals surface area (Å²) in [6, 6.07) is 18.5. The van der Waals surface area contributed by atoms with E-state index < -0.39 is 0 Å². The molecule has 2 aliphatic rings. The number of piperazine rings is 1. The van der Waals surface area contributed by atoms with Crippen molar-refractivity contribution in [2.45, 2.75) is 12.5 Å². The van der Waals surface area contributed by atoms with E-state index in [2.05, 4.69) is 9.80 Å². The Balaban J connectivity index is 1.28. The quantitative estimate of drug-likeness (QED) is 0.607. The van der Waals surface area contributed by atoms with Gasteiger partial charge in [0.05, 0.1) is 31.3 Å². The highest BCUT2D eigenvalue weighted by Gasteiger charge is 2.35. The Kier molecular flexibility index (Phi) is 6.22. The van der Waals surface area contributed by atoms with Gasteiger partial charge in [-0.2, -0.15) is 5.10 Å². The van der Waals surface area contributed by atoms with Gasteiger partial charge in [-0.25, -0.2) is 5.01 Å². The van der Waals surface area contributed by atoms with Gasteiger partial charge in [0.1, 0.15) is 23.3 Å². The zero-order chi connectivity index (χ0) is 23.5. The van der Waals surface area contributed by atoms with E-state index in [4.69, 9.17) is 14.3 Å². The Labute approximate surface area is 198 Å². The number of nitrogens with zero attached hydrogens (tertiary/aromatic N) is 4. The summed E-state index contributed by atoms with van der Waals surface area (Å²) in [5.74, 6) is 1.73. The molecular formula is C26H28N4O4. The minimum absolute atomic E-state index is 0.0547. The van der Waals surface area contributed by atoms with Gasteiger partial charge in [0, 0.05) is 32.6 Å². The maximum atomic E-state index is 13.4. The van der Waals surface area contributed by atoms with E-state index >= 15 is 0 Å². The Bertz CT molecular complexity index is 1150. The zero-order valence-corrected chi connectivity index (χ0v) is 19.1. The van der Waals surface area contributed by atoms with Gasteiger partial charge in [-0.1, -0.05) is 12.1 Å². The third kappa shape index (κ3) is 4.49. The molecule has 5 rings (SSSR count). The third-order valence-electron chi connectivity index (χ3n) is 6.41. The monoisotopic (exact) mass is 460 g/mol. The topological polar surface area (TPSA) is 81.8 Å². The number of anilines is 1. The van der Waals surface area contributed by atoms with Crippen LogP contribution >= 0.6 is 0 Å². The molecule has 0 bridgehead atoms. The van der Waals surface area contributed by atoms with Crippen LogP contribution in [-0.4, -0.2) is 66.5 Å². The molecule has 0 saturated carbocycles. The predicted molar refractivity (Wildman–Crippen MR) is 129 cm³/mol. The number of hydrazone groups is 1. The van der Waals surface area contributed by atoms with E-state index in [1.54, 1.807) is 24.4 Å². The standard InChI is InChI=1S/C26H28N4O4/c1-33-20-10-8-19(9-11-20)21-17-23(25-7-4-16-34-25)30(27-21)26(32)18-28-12-14-29(15-13-28)22-5-2-3-6-24(22)31/h2-11,16,23,31H,12-15,17-18H2,1H3. The molecule has 1 saturated heterocycles. The number of hydrogen-bond donors (Lipinski definition) is 1. The lowest BCUT2D eigenvalue weighted by Crippen LogP contribution is -2.49. The smallest absolute Gasteiger partial charge is 0.257 e. The van der Waals surface area contributed by atoms with Crippen molar-refractivity contribution in [3.05, 3.63) is 78.3 Å². The van der Waals surface area contributed by atoms with Crippen LogP contribution in [0.25, 0.3) is 0 Å². The number of carbonyl (C=O) groups is 1. The van der Waals surface area contributed by atoms with Crippen LogP contribution in [-0.2, 0) is 4.79 Å². The fourth-order valence-corrected chi connectivity index (χ4v) is 4.54. The second-order valence-corrected chi connectivity index (χ2v) is 8.50. The molecular weight excluding hydrogens is 432 g/mol. The first-order valence-corrected chi connectivity index (χ1v) is 11.4. The second kappa shape index (κ2) is 9.61. The van der Waals surface area contributed by atoms with E-state index in [1.165, 1.54) is 0 Å². The fraction of sp³-hybridized carbons (Fsp3) is 0.308. The second-order valence-electron chi connectivity index (χ2n) is 8.50. The van der Waals surface area contributed by atoms with Crippen LogP contribution in [0.1, 0.15) is 23.8 Å². The van der Waals surface area contributed by atoms with Crippen molar-refractivity contribution in [3.8, 4) is 11.5 Å². The van der Waals surface area contributed by atoms with E-state index in [9.17, 15) is 9.90 Å². The lowest BCUT2D eigenvalue weighted by Gasteiger charge is -2.36.